The molecule has 1 heterocycles. The molecule has 1 aliphatic carbocycles. The van der Waals surface area contributed by atoms with Crippen molar-refractivity contribution in [2.24, 2.45) is 13.0 Å². The molecule has 0 bridgehead atoms. The first-order chi connectivity index (χ1) is 8.11. The Morgan fingerprint density at radius 2 is 2.24 bits per heavy atom. The molecule has 1 saturated carbocycles. The monoisotopic (exact) mass is 257 g/mol. The molecular weight excluding hydrogens is 238 g/mol. The van der Waals surface area contributed by atoms with Crippen LogP contribution in [0.1, 0.15) is 24.1 Å². The first-order valence-electron chi connectivity index (χ1n) is 6.06. The van der Waals surface area contributed by atoms with Crippen molar-refractivity contribution in [3.8, 4) is 0 Å². The summed E-state index contributed by atoms with van der Waals surface area (Å²) in [7, 11) is 3.85. The quantitative estimate of drug-likeness (QED) is 0.876. The van der Waals surface area contributed by atoms with E-state index in [1.807, 2.05) is 21.0 Å². The molecule has 0 saturated heterocycles. The largest absolute Gasteiger partial charge is 0.373 e. The van der Waals surface area contributed by atoms with Crippen LogP contribution in [0.3, 0.4) is 0 Å². The number of rotatable bonds is 5. The van der Waals surface area contributed by atoms with E-state index in [-0.39, 0.29) is 0 Å². The van der Waals surface area contributed by atoms with Crippen molar-refractivity contribution in [2.45, 2.75) is 32.5 Å². The molecule has 0 atom stereocenters. The molecule has 96 valence electrons. The fourth-order valence-corrected chi connectivity index (χ4v) is 2.53. The molecule has 0 spiro atoms. The maximum atomic E-state index is 6.15. The van der Waals surface area contributed by atoms with Crippen LogP contribution < -0.4 is 5.32 Å². The van der Waals surface area contributed by atoms with E-state index >= 15 is 0 Å². The van der Waals surface area contributed by atoms with E-state index in [4.69, 9.17) is 16.3 Å². The lowest BCUT2D eigenvalue weighted by Crippen LogP contribution is -2.36. The van der Waals surface area contributed by atoms with Gasteiger partial charge in [0.25, 0.3) is 0 Å². The Kier molecular flexibility index (Phi) is 4.07. The van der Waals surface area contributed by atoms with Gasteiger partial charge in [0, 0.05) is 12.6 Å². The molecule has 0 amide bonds. The molecule has 1 fully saturated rings. The van der Waals surface area contributed by atoms with Crippen LogP contribution in [-0.4, -0.2) is 29.5 Å². The third-order valence-electron chi connectivity index (χ3n) is 3.42. The van der Waals surface area contributed by atoms with Crippen LogP contribution in [-0.2, 0) is 18.4 Å². The smallest absolute Gasteiger partial charge is 0.132 e. The molecule has 1 N–H and O–H groups in total. The number of hydrogen-bond donors (Lipinski definition) is 1. The van der Waals surface area contributed by atoms with Crippen molar-refractivity contribution in [2.75, 3.05) is 13.6 Å². The average molecular weight is 258 g/mol. The fourth-order valence-electron chi connectivity index (χ4n) is 2.30. The fraction of sp³-hybridized carbons (Fsp3) is 0.750. The van der Waals surface area contributed by atoms with E-state index < -0.39 is 0 Å². The summed E-state index contributed by atoms with van der Waals surface area (Å²) in [5, 5.41) is 8.16. The van der Waals surface area contributed by atoms with Gasteiger partial charge in [0.2, 0.25) is 0 Å². The van der Waals surface area contributed by atoms with Crippen LogP contribution in [0.4, 0.5) is 0 Å². The third kappa shape index (κ3) is 2.81. The number of ether oxygens (including phenoxy) is 1. The Morgan fingerprint density at radius 3 is 2.76 bits per heavy atom. The van der Waals surface area contributed by atoms with E-state index in [0.29, 0.717) is 17.9 Å². The van der Waals surface area contributed by atoms with Gasteiger partial charge >= 0.3 is 0 Å². The highest BCUT2D eigenvalue weighted by atomic mass is 35.5. The maximum Gasteiger partial charge on any atom is 0.132 e. The summed E-state index contributed by atoms with van der Waals surface area (Å²) in [6.07, 6.45) is 2.69. The van der Waals surface area contributed by atoms with E-state index in [0.717, 1.165) is 36.6 Å². The highest BCUT2D eigenvalue weighted by molar-refractivity contribution is 6.30. The van der Waals surface area contributed by atoms with E-state index in [9.17, 15) is 0 Å². The van der Waals surface area contributed by atoms with Gasteiger partial charge in [0.1, 0.15) is 5.15 Å². The van der Waals surface area contributed by atoms with Gasteiger partial charge in [-0.2, -0.15) is 5.10 Å². The summed E-state index contributed by atoms with van der Waals surface area (Å²) >= 11 is 6.15. The van der Waals surface area contributed by atoms with E-state index in [1.165, 1.54) is 0 Å². The number of aromatic nitrogens is 2. The Balaban J connectivity index is 1.80. The summed E-state index contributed by atoms with van der Waals surface area (Å²) in [5.41, 5.74) is 1.98. The second kappa shape index (κ2) is 5.38. The first kappa shape index (κ1) is 12.9. The Bertz CT molecular complexity index is 385. The zero-order valence-electron chi connectivity index (χ0n) is 10.7. The van der Waals surface area contributed by atoms with Gasteiger partial charge < -0.3 is 10.1 Å². The van der Waals surface area contributed by atoms with Gasteiger partial charge in [-0.25, -0.2) is 0 Å². The van der Waals surface area contributed by atoms with Crippen molar-refractivity contribution in [1.82, 2.24) is 15.1 Å². The minimum atomic E-state index is 0.393. The zero-order chi connectivity index (χ0) is 12.4. The SMILES string of the molecule is CNCC1CC(OCc2c(C)nn(C)c2Cl)C1. The van der Waals surface area contributed by atoms with Crippen molar-refractivity contribution in [1.29, 1.82) is 0 Å². The van der Waals surface area contributed by atoms with Crippen LogP contribution >= 0.6 is 11.6 Å². The minimum absolute atomic E-state index is 0.393. The van der Waals surface area contributed by atoms with Crippen LogP contribution in [0.2, 0.25) is 5.15 Å². The van der Waals surface area contributed by atoms with Gasteiger partial charge in [-0.1, -0.05) is 11.6 Å². The second-order valence-corrected chi connectivity index (χ2v) is 5.16. The molecule has 0 aromatic carbocycles. The summed E-state index contributed by atoms with van der Waals surface area (Å²) < 4.78 is 7.54. The molecule has 17 heavy (non-hydrogen) atoms. The highest BCUT2D eigenvalue weighted by Crippen LogP contribution is 2.31. The third-order valence-corrected chi connectivity index (χ3v) is 3.89. The number of nitrogens with zero attached hydrogens (tertiary/aromatic N) is 2. The normalized spacial score (nSPS) is 23.8. The van der Waals surface area contributed by atoms with Gasteiger partial charge in [-0.15, -0.1) is 0 Å². The number of aryl methyl sites for hydroxylation is 2. The Labute approximate surface area is 107 Å². The lowest BCUT2D eigenvalue weighted by molar-refractivity contribution is -0.0392. The molecule has 1 aromatic rings. The standard InChI is InChI=1S/C12H20ClN3O/c1-8-11(12(13)16(3)15-8)7-17-10-4-9(5-10)6-14-2/h9-10,14H,4-7H2,1-3H3. The summed E-state index contributed by atoms with van der Waals surface area (Å²) in [5.74, 6) is 0.774. The topological polar surface area (TPSA) is 39.1 Å². The Hall–Kier alpha value is -0.580. The molecule has 5 heteroatoms. The maximum absolute atomic E-state index is 6.15. The van der Waals surface area contributed by atoms with Crippen LogP contribution in [0.25, 0.3) is 0 Å². The van der Waals surface area contributed by atoms with Crippen molar-refractivity contribution in [3.05, 3.63) is 16.4 Å². The molecular formula is C12H20ClN3O. The van der Waals surface area contributed by atoms with Crippen LogP contribution in [0.15, 0.2) is 0 Å². The highest BCUT2D eigenvalue weighted by Gasteiger charge is 2.29. The van der Waals surface area contributed by atoms with Crippen molar-refractivity contribution in [3.63, 3.8) is 0 Å². The molecule has 0 radical (unpaired) electrons. The zero-order valence-corrected chi connectivity index (χ0v) is 11.4. The van der Waals surface area contributed by atoms with Gasteiger partial charge in [0.15, 0.2) is 0 Å². The van der Waals surface area contributed by atoms with Crippen molar-refractivity contribution >= 4 is 11.6 Å². The molecule has 0 unspecified atom stereocenters. The van der Waals surface area contributed by atoms with Crippen LogP contribution in [0.5, 0.6) is 0 Å². The lowest BCUT2D eigenvalue weighted by Gasteiger charge is -2.35. The minimum Gasteiger partial charge on any atom is -0.373 e. The molecule has 1 aromatic heterocycles. The summed E-state index contributed by atoms with van der Waals surface area (Å²) in [6.45, 7) is 3.64. The Morgan fingerprint density at radius 1 is 1.53 bits per heavy atom. The molecule has 2 rings (SSSR count). The number of nitrogens with one attached hydrogen (secondary N) is 1. The van der Waals surface area contributed by atoms with E-state index in [1.54, 1.807) is 4.68 Å². The summed E-state index contributed by atoms with van der Waals surface area (Å²) in [6, 6.07) is 0. The molecule has 4 nitrogen and oxygen atoms in total. The predicted octanol–water partition coefficient (Wildman–Crippen LogP) is 1.90. The lowest BCUT2D eigenvalue weighted by atomic mass is 9.82. The second-order valence-electron chi connectivity index (χ2n) is 4.81. The average Bonchev–Trinajstić information content (AvgIpc) is 2.47. The van der Waals surface area contributed by atoms with Crippen LogP contribution in [0, 0.1) is 12.8 Å². The van der Waals surface area contributed by atoms with E-state index in [2.05, 4.69) is 10.4 Å². The van der Waals surface area contributed by atoms with Gasteiger partial charge in [0.05, 0.1) is 18.4 Å². The van der Waals surface area contributed by atoms with Crippen molar-refractivity contribution < 1.29 is 4.74 Å². The first-order valence-corrected chi connectivity index (χ1v) is 6.43. The van der Waals surface area contributed by atoms with Gasteiger partial charge in [-0.3, -0.25) is 4.68 Å². The van der Waals surface area contributed by atoms with Gasteiger partial charge in [-0.05, 0) is 39.3 Å². The summed E-state index contributed by atoms with van der Waals surface area (Å²) in [4.78, 5) is 0. The molecule has 1 aliphatic rings. The molecule has 0 aliphatic heterocycles. The number of hydrogen-bond acceptors (Lipinski definition) is 3. The predicted molar refractivity (Wildman–Crippen MR) is 68.2 cm³/mol. The number of halogens is 1.